The van der Waals surface area contributed by atoms with Crippen LogP contribution < -0.4 is 10.2 Å². The van der Waals surface area contributed by atoms with Crippen LogP contribution in [0.4, 0.5) is 0 Å². The zero-order valence-electron chi connectivity index (χ0n) is 48.1. The monoisotopic (exact) mass is 1040 g/mol. The number of quaternary nitrogens is 1. The van der Waals surface area contributed by atoms with Crippen LogP contribution in [0.3, 0.4) is 0 Å². The van der Waals surface area contributed by atoms with E-state index in [2.05, 4.69) is 104 Å². The van der Waals surface area contributed by atoms with E-state index in [0.717, 1.165) is 77.0 Å². The number of aliphatic hydroxyl groups is 1. The van der Waals surface area contributed by atoms with Crippen LogP contribution in [0.2, 0.25) is 0 Å². The molecule has 0 fully saturated rings. The van der Waals surface area contributed by atoms with Gasteiger partial charge in [-0.1, -0.05) is 259 Å². The summed E-state index contributed by atoms with van der Waals surface area (Å²) in [6.45, 7) is 4.49. The molecule has 73 heavy (non-hydrogen) atoms. The quantitative estimate of drug-likeness (QED) is 0.0272. The fraction of sp³-hybridized carbons (Fsp3) is 0.734. The van der Waals surface area contributed by atoms with Crippen molar-refractivity contribution in [3.8, 4) is 0 Å². The van der Waals surface area contributed by atoms with E-state index in [1.54, 1.807) is 6.08 Å². The molecule has 422 valence electrons. The number of amides is 1. The van der Waals surface area contributed by atoms with Gasteiger partial charge in [0.25, 0.3) is 7.82 Å². The Hall–Kier alpha value is -2.58. The molecule has 0 heterocycles. The number of hydrogen-bond acceptors (Lipinski definition) is 6. The normalized spacial score (nSPS) is 14.6. The molecular weight excluding hydrogens is 924 g/mol. The van der Waals surface area contributed by atoms with Crippen LogP contribution in [0.15, 0.2) is 97.2 Å². The molecule has 1 amide bonds. The molecule has 9 heteroatoms. The standard InChI is InChI=1S/C64H115N2O6P/c1-6-8-10-12-14-16-18-20-21-22-23-24-25-26-27-28-29-30-31-32-33-34-35-36-37-38-39-40-41-42-43-44-45-46-48-50-52-54-56-58-64(68)65-62(61-72-73(69,70)71-60-59-66(3,4)5)63(67)57-55-53-51-49-47-19-17-15-13-11-9-7-2/h8,10,14,16,20-21,23-24,26-27,29-30,47,49,55,57,62-63,67H,6-7,9,11-13,15,17-19,22,25,28,31-46,48,50-54,56,58-61H2,1-5H3,(H-,65,68,69,70)/b10-8-,16-14-,21-20-,24-23-,27-26-,30-29-,49-47+,57-55+. The molecule has 0 aliphatic carbocycles. The highest BCUT2D eigenvalue weighted by molar-refractivity contribution is 7.45. The van der Waals surface area contributed by atoms with Gasteiger partial charge in [-0.25, -0.2) is 0 Å². The summed E-state index contributed by atoms with van der Waals surface area (Å²) in [6.07, 6.45) is 78.0. The number of hydrogen-bond donors (Lipinski definition) is 2. The summed E-state index contributed by atoms with van der Waals surface area (Å²) in [7, 11) is 1.24. The number of phosphoric acid groups is 1. The lowest BCUT2D eigenvalue weighted by Crippen LogP contribution is -2.45. The number of carbonyl (C=O) groups is 1. The molecule has 2 N–H and O–H groups in total. The second-order valence-electron chi connectivity index (χ2n) is 21.3. The first-order valence-electron chi connectivity index (χ1n) is 30.1. The van der Waals surface area contributed by atoms with Crippen molar-refractivity contribution in [3.05, 3.63) is 97.2 Å². The lowest BCUT2D eigenvalue weighted by Gasteiger charge is -2.29. The minimum atomic E-state index is -4.60. The summed E-state index contributed by atoms with van der Waals surface area (Å²) < 4.78 is 23.3. The van der Waals surface area contributed by atoms with Crippen LogP contribution in [0.5, 0.6) is 0 Å². The van der Waals surface area contributed by atoms with Gasteiger partial charge >= 0.3 is 0 Å². The molecule has 3 unspecified atom stereocenters. The highest BCUT2D eigenvalue weighted by atomic mass is 31.2. The Bertz CT molecular complexity index is 1510. The van der Waals surface area contributed by atoms with Crippen LogP contribution in [-0.4, -0.2) is 68.5 Å². The Labute approximate surface area is 451 Å². The van der Waals surface area contributed by atoms with Gasteiger partial charge in [0.1, 0.15) is 13.2 Å². The lowest BCUT2D eigenvalue weighted by molar-refractivity contribution is -0.870. The number of rotatable bonds is 54. The number of aliphatic hydroxyl groups excluding tert-OH is 1. The first-order chi connectivity index (χ1) is 35.5. The van der Waals surface area contributed by atoms with Crippen molar-refractivity contribution < 1.29 is 32.9 Å². The van der Waals surface area contributed by atoms with Gasteiger partial charge in [0.15, 0.2) is 0 Å². The largest absolute Gasteiger partial charge is 0.756 e. The Morgan fingerprint density at radius 3 is 1.27 bits per heavy atom. The first-order valence-corrected chi connectivity index (χ1v) is 31.6. The smallest absolute Gasteiger partial charge is 0.268 e. The molecule has 0 bridgehead atoms. The number of nitrogens with one attached hydrogen (secondary N) is 1. The Balaban J connectivity index is 3.94. The number of likely N-dealkylation sites (N-methyl/N-ethyl adjacent to an activating group) is 1. The second kappa shape index (κ2) is 54.2. The fourth-order valence-corrected chi connectivity index (χ4v) is 9.07. The third kappa shape index (κ3) is 57.0. The Morgan fingerprint density at radius 1 is 0.493 bits per heavy atom. The van der Waals surface area contributed by atoms with E-state index in [9.17, 15) is 19.4 Å². The number of phosphoric ester groups is 1. The van der Waals surface area contributed by atoms with Crippen LogP contribution in [0, 0.1) is 0 Å². The third-order valence-electron chi connectivity index (χ3n) is 13.0. The highest BCUT2D eigenvalue weighted by Crippen LogP contribution is 2.38. The third-order valence-corrected chi connectivity index (χ3v) is 14.0. The van der Waals surface area contributed by atoms with Gasteiger partial charge in [0.05, 0.1) is 39.9 Å². The van der Waals surface area contributed by atoms with Gasteiger partial charge in [-0.05, 0) is 83.5 Å². The average Bonchev–Trinajstić information content (AvgIpc) is 3.35. The molecule has 0 saturated heterocycles. The minimum Gasteiger partial charge on any atom is -0.756 e. The predicted molar refractivity (Wildman–Crippen MR) is 316 cm³/mol. The lowest BCUT2D eigenvalue weighted by atomic mass is 10.0. The van der Waals surface area contributed by atoms with Crippen molar-refractivity contribution >= 4 is 13.7 Å². The number of carbonyl (C=O) groups excluding carboxylic acids is 1. The summed E-state index contributed by atoms with van der Waals surface area (Å²) in [5, 5.41) is 13.8. The topological polar surface area (TPSA) is 108 Å². The van der Waals surface area contributed by atoms with Gasteiger partial charge in [-0.15, -0.1) is 0 Å². The molecule has 3 atom stereocenters. The molecule has 0 aromatic carbocycles. The first kappa shape index (κ1) is 70.4. The predicted octanol–water partition coefficient (Wildman–Crippen LogP) is 18.0. The van der Waals surface area contributed by atoms with Crippen molar-refractivity contribution in [2.75, 3.05) is 40.9 Å². The maximum Gasteiger partial charge on any atom is 0.268 e. The molecule has 0 aliphatic heterocycles. The van der Waals surface area contributed by atoms with Crippen molar-refractivity contribution in [3.63, 3.8) is 0 Å². The fourth-order valence-electron chi connectivity index (χ4n) is 8.35. The van der Waals surface area contributed by atoms with Gasteiger partial charge < -0.3 is 28.8 Å². The molecule has 0 saturated carbocycles. The van der Waals surface area contributed by atoms with Crippen LogP contribution in [0.25, 0.3) is 0 Å². The highest BCUT2D eigenvalue weighted by Gasteiger charge is 2.23. The van der Waals surface area contributed by atoms with Crippen LogP contribution in [0.1, 0.15) is 251 Å². The van der Waals surface area contributed by atoms with Gasteiger partial charge in [-0.2, -0.15) is 0 Å². The summed E-state index contributed by atoms with van der Waals surface area (Å²) in [4.78, 5) is 25.4. The number of nitrogens with zero attached hydrogens (tertiary/aromatic N) is 1. The summed E-state index contributed by atoms with van der Waals surface area (Å²) in [6, 6.07) is -0.905. The molecule has 8 nitrogen and oxygen atoms in total. The van der Waals surface area contributed by atoms with E-state index in [-0.39, 0.29) is 12.5 Å². The molecule has 0 aliphatic rings. The summed E-state index contributed by atoms with van der Waals surface area (Å²) in [5.41, 5.74) is 0. The summed E-state index contributed by atoms with van der Waals surface area (Å²) >= 11 is 0. The second-order valence-corrected chi connectivity index (χ2v) is 22.7. The van der Waals surface area contributed by atoms with E-state index >= 15 is 0 Å². The van der Waals surface area contributed by atoms with Crippen molar-refractivity contribution in [1.29, 1.82) is 0 Å². The zero-order chi connectivity index (χ0) is 53.5. The van der Waals surface area contributed by atoms with E-state index < -0.39 is 26.6 Å². The van der Waals surface area contributed by atoms with Gasteiger partial charge in [-0.3, -0.25) is 9.36 Å². The molecule has 0 spiro atoms. The zero-order valence-corrected chi connectivity index (χ0v) is 49.0. The average molecular weight is 1040 g/mol. The van der Waals surface area contributed by atoms with Crippen molar-refractivity contribution in [2.45, 2.75) is 264 Å². The van der Waals surface area contributed by atoms with Crippen molar-refractivity contribution in [2.24, 2.45) is 0 Å². The Kier molecular flexibility index (Phi) is 52.3. The molecular formula is C64H115N2O6P. The Morgan fingerprint density at radius 2 is 0.849 bits per heavy atom. The maximum absolute atomic E-state index is 12.9. The summed E-state index contributed by atoms with van der Waals surface area (Å²) in [5.74, 6) is -0.208. The molecule has 0 aromatic rings. The molecule has 0 aromatic heterocycles. The van der Waals surface area contributed by atoms with Crippen LogP contribution in [-0.2, 0) is 18.4 Å². The van der Waals surface area contributed by atoms with Crippen molar-refractivity contribution in [1.82, 2.24) is 5.32 Å². The molecule has 0 rings (SSSR count). The minimum absolute atomic E-state index is 0.00820. The van der Waals surface area contributed by atoms with E-state index in [1.807, 2.05) is 27.2 Å². The number of unbranched alkanes of at least 4 members (excludes halogenated alkanes) is 27. The van der Waals surface area contributed by atoms with Gasteiger partial charge in [0, 0.05) is 6.42 Å². The van der Waals surface area contributed by atoms with Gasteiger partial charge in [0.2, 0.25) is 5.91 Å². The SMILES string of the molecule is CC/C=C\C/C=C\C/C=C\C/C=C\C/C=C\C/C=C\CCCCCCCCCCCCCCCCCCCCCCC(=O)NC(COP(=O)([O-])OCC[N+](C)(C)C)C(O)/C=C/CC/C=C/CCCCCCCC. The molecule has 0 radical (unpaired) electrons. The van der Waals surface area contributed by atoms with Crippen LogP contribution >= 0.6 is 7.82 Å². The van der Waals surface area contributed by atoms with E-state index in [0.29, 0.717) is 17.4 Å². The maximum atomic E-state index is 12.9. The van der Waals surface area contributed by atoms with E-state index in [1.165, 1.54) is 154 Å². The van der Waals surface area contributed by atoms with E-state index in [4.69, 9.17) is 9.05 Å². The number of allylic oxidation sites excluding steroid dienone is 15.